The molecule has 0 aromatic rings. The molecule has 9 heavy (non-hydrogen) atoms. The summed E-state index contributed by atoms with van der Waals surface area (Å²) in [6.45, 7) is 0. The SMILES string of the molecule is CNC1(C(N)=O)CCC1. The second-order valence-electron chi connectivity index (χ2n) is 2.55. The van der Waals surface area contributed by atoms with Gasteiger partial charge in [-0.25, -0.2) is 0 Å². The molecule has 52 valence electrons. The van der Waals surface area contributed by atoms with Crippen LogP contribution in [-0.2, 0) is 4.79 Å². The van der Waals surface area contributed by atoms with E-state index in [0.717, 1.165) is 19.3 Å². The van der Waals surface area contributed by atoms with Crippen molar-refractivity contribution in [1.29, 1.82) is 0 Å². The lowest BCUT2D eigenvalue weighted by Gasteiger charge is -2.38. The molecule has 1 amide bonds. The number of hydrogen-bond acceptors (Lipinski definition) is 2. The molecule has 0 heterocycles. The van der Waals surface area contributed by atoms with Gasteiger partial charge in [-0.3, -0.25) is 4.79 Å². The first-order valence-corrected chi connectivity index (χ1v) is 3.20. The number of amides is 1. The molecule has 3 heteroatoms. The molecule has 3 nitrogen and oxygen atoms in total. The Morgan fingerprint density at radius 3 is 2.22 bits per heavy atom. The Kier molecular flexibility index (Phi) is 1.45. The molecule has 0 aliphatic heterocycles. The van der Waals surface area contributed by atoms with E-state index >= 15 is 0 Å². The summed E-state index contributed by atoms with van der Waals surface area (Å²) < 4.78 is 0. The van der Waals surface area contributed by atoms with Gasteiger partial charge in [0.15, 0.2) is 0 Å². The number of carbonyl (C=O) groups is 1. The summed E-state index contributed by atoms with van der Waals surface area (Å²) in [6, 6.07) is 0. The molecule has 0 aromatic carbocycles. The third kappa shape index (κ3) is 0.812. The van der Waals surface area contributed by atoms with Crippen LogP contribution in [0, 0.1) is 0 Å². The molecule has 1 aliphatic carbocycles. The summed E-state index contributed by atoms with van der Waals surface area (Å²) in [4.78, 5) is 10.7. The fourth-order valence-electron chi connectivity index (χ4n) is 1.15. The highest BCUT2D eigenvalue weighted by molar-refractivity contribution is 5.85. The van der Waals surface area contributed by atoms with Crippen LogP contribution in [0.2, 0.25) is 0 Å². The van der Waals surface area contributed by atoms with Crippen LogP contribution in [0.5, 0.6) is 0 Å². The van der Waals surface area contributed by atoms with Crippen molar-refractivity contribution in [3.63, 3.8) is 0 Å². The lowest BCUT2D eigenvalue weighted by atomic mass is 9.76. The van der Waals surface area contributed by atoms with Gasteiger partial charge in [-0.05, 0) is 26.3 Å². The topological polar surface area (TPSA) is 55.1 Å². The Labute approximate surface area is 54.6 Å². The van der Waals surface area contributed by atoms with E-state index in [1.165, 1.54) is 0 Å². The van der Waals surface area contributed by atoms with E-state index in [4.69, 9.17) is 5.73 Å². The van der Waals surface area contributed by atoms with Crippen molar-refractivity contribution in [1.82, 2.24) is 5.32 Å². The fourth-order valence-corrected chi connectivity index (χ4v) is 1.15. The second kappa shape index (κ2) is 1.99. The van der Waals surface area contributed by atoms with Gasteiger partial charge in [0.1, 0.15) is 0 Å². The zero-order chi connectivity index (χ0) is 6.91. The molecule has 3 N–H and O–H groups in total. The van der Waals surface area contributed by atoms with E-state index in [2.05, 4.69) is 5.32 Å². The normalized spacial score (nSPS) is 22.8. The monoisotopic (exact) mass is 128 g/mol. The predicted octanol–water partition coefficient (Wildman–Crippen LogP) is -0.386. The molecule has 1 saturated carbocycles. The van der Waals surface area contributed by atoms with Crippen molar-refractivity contribution in [2.75, 3.05) is 7.05 Å². The van der Waals surface area contributed by atoms with Crippen LogP contribution in [0.4, 0.5) is 0 Å². The summed E-state index contributed by atoms with van der Waals surface area (Å²) >= 11 is 0. The van der Waals surface area contributed by atoms with Gasteiger partial charge in [-0.1, -0.05) is 0 Å². The molecule has 0 aromatic heterocycles. The summed E-state index contributed by atoms with van der Waals surface area (Å²) in [5, 5.41) is 2.94. The number of nitrogens with two attached hydrogens (primary N) is 1. The minimum absolute atomic E-state index is 0.212. The van der Waals surface area contributed by atoms with Crippen LogP contribution >= 0.6 is 0 Å². The van der Waals surface area contributed by atoms with Gasteiger partial charge >= 0.3 is 0 Å². The highest BCUT2D eigenvalue weighted by atomic mass is 16.1. The maximum absolute atomic E-state index is 10.7. The van der Waals surface area contributed by atoms with Gasteiger partial charge in [-0.2, -0.15) is 0 Å². The van der Waals surface area contributed by atoms with Crippen LogP contribution in [0.3, 0.4) is 0 Å². The average molecular weight is 128 g/mol. The van der Waals surface area contributed by atoms with E-state index < -0.39 is 0 Å². The number of nitrogens with one attached hydrogen (secondary N) is 1. The Balaban J connectivity index is 2.57. The Morgan fingerprint density at radius 2 is 2.22 bits per heavy atom. The summed E-state index contributed by atoms with van der Waals surface area (Å²) in [7, 11) is 1.78. The van der Waals surface area contributed by atoms with Crippen LogP contribution in [0.25, 0.3) is 0 Å². The van der Waals surface area contributed by atoms with Gasteiger partial charge in [0, 0.05) is 0 Å². The van der Waals surface area contributed by atoms with Crippen LogP contribution in [0.1, 0.15) is 19.3 Å². The van der Waals surface area contributed by atoms with Gasteiger partial charge in [0.2, 0.25) is 5.91 Å². The van der Waals surface area contributed by atoms with E-state index in [1.807, 2.05) is 0 Å². The largest absolute Gasteiger partial charge is 0.368 e. The number of carbonyl (C=O) groups excluding carboxylic acids is 1. The maximum Gasteiger partial charge on any atom is 0.237 e. The minimum Gasteiger partial charge on any atom is -0.368 e. The molecule has 0 atom stereocenters. The first-order valence-electron chi connectivity index (χ1n) is 3.20. The highest BCUT2D eigenvalue weighted by Crippen LogP contribution is 2.30. The molecule has 1 fully saturated rings. The molecule has 0 spiro atoms. The van der Waals surface area contributed by atoms with Gasteiger partial charge in [0.05, 0.1) is 5.54 Å². The average Bonchev–Trinajstić information content (AvgIpc) is 1.62. The molecular formula is C6H12N2O. The van der Waals surface area contributed by atoms with Gasteiger partial charge in [0.25, 0.3) is 0 Å². The quantitative estimate of drug-likeness (QED) is 0.532. The summed E-state index contributed by atoms with van der Waals surface area (Å²) in [5.41, 5.74) is 4.79. The molecule has 1 rings (SSSR count). The third-order valence-electron chi connectivity index (χ3n) is 2.16. The minimum atomic E-state index is -0.347. The smallest absolute Gasteiger partial charge is 0.237 e. The van der Waals surface area contributed by atoms with Crippen molar-refractivity contribution < 1.29 is 4.79 Å². The van der Waals surface area contributed by atoms with Crippen LogP contribution in [-0.4, -0.2) is 18.5 Å². The third-order valence-corrected chi connectivity index (χ3v) is 2.16. The number of likely N-dealkylation sites (N-methyl/N-ethyl adjacent to an activating group) is 1. The van der Waals surface area contributed by atoms with Crippen LogP contribution < -0.4 is 11.1 Å². The summed E-state index contributed by atoms with van der Waals surface area (Å²) in [6.07, 6.45) is 2.92. The first-order chi connectivity index (χ1) is 4.21. The van der Waals surface area contributed by atoms with Crippen molar-refractivity contribution in [2.45, 2.75) is 24.8 Å². The highest BCUT2D eigenvalue weighted by Gasteiger charge is 2.40. The summed E-state index contributed by atoms with van der Waals surface area (Å²) in [5.74, 6) is -0.212. The molecule has 0 bridgehead atoms. The molecule has 0 saturated heterocycles. The predicted molar refractivity (Wildman–Crippen MR) is 34.8 cm³/mol. The van der Waals surface area contributed by atoms with Crippen molar-refractivity contribution in [3.8, 4) is 0 Å². The zero-order valence-corrected chi connectivity index (χ0v) is 5.61. The van der Waals surface area contributed by atoms with Crippen molar-refractivity contribution >= 4 is 5.91 Å². The van der Waals surface area contributed by atoms with Crippen LogP contribution in [0.15, 0.2) is 0 Å². The zero-order valence-electron chi connectivity index (χ0n) is 5.61. The first kappa shape index (κ1) is 6.55. The van der Waals surface area contributed by atoms with Gasteiger partial charge < -0.3 is 11.1 Å². The lowest BCUT2D eigenvalue weighted by molar-refractivity contribution is -0.127. The number of hydrogen-bond donors (Lipinski definition) is 2. The maximum atomic E-state index is 10.7. The number of rotatable bonds is 2. The fraction of sp³-hybridized carbons (Fsp3) is 0.833. The molecule has 1 aliphatic rings. The second-order valence-corrected chi connectivity index (χ2v) is 2.55. The Bertz CT molecular complexity index is 124. The molecular weight excluding hydrogens is 116 g/mol. The van der Waals surface area contributed by atoms with E-state index in [9.17, 15) is 4.79 Å². The van der Waals surface area contributed by atoms with Gasteiger partial charge in [-0.15, -0.1) is 0 Å². The van der Waals surface area contributed by atoms with E-state index in [0.29, 0.717) is 0 Å². The molecule has 0 radical (unpaired) electrons. The van der Waals surface area contributed by atoms with E-state index in [-0.39, 0.29) is 11.4 Å². The lowest BCUT2D eigenvalue weighted by Crippen LogP contribution is -2.58. The van der Waals surface area contributed by atoms with E-state index in [1.54, 1.807) is 7.05 Å². The van der Waals surface area contributed by atoms with Crippen molar-refractivity contribution in [3.05, 3.63) is 0 Å². The number of primary amides is 1. The molecule has 0 unspecified atom stereocenters. The standard InChI is InChI=1S/C6H12N2O/c1-8-6(5(7)9)3-2-4-6/h8H,2-4H2,1H3,(H2,7,9). The Morgan fingerprint density at radius 1 is 1.67 bits per heavy atom. The Hall–Kier alpha value is -0.570. The van der Waals surface area contributed by atoms with Crippen molar-refractivity contribution in [2.24, 2.45) is 5.73 Å².